The van der Waals surface area contributed by atoms with Crippen LogP contribution in [0.4, 0.5) is 0 Å². The van der Waals surface area contributed by atoms with Crippen molar-refractivity contribution in [2.24, 2.45) is 7.05 Å². The molecule has 0 spiro atoms. The van der Waals surface area contributed by atoms with Crippen LogP contribution in [0, 0.1) is 6.92 Å². The average molecular weight is 252 g/mol. The van der Waals surface area contributed by atoms with Crippen LogP contribution in [0.2, 0.25) is 0 Å². The summed E-state index contributed by atoms with van der Waals surface area (Å²) in [6, 6.07) is 0. The third-order valence-corrected chi connectivity index (χ3v) is 3.29. The quantitative estimate of drug-likeness (QED) is 0.808. The van der Waals surface area contributed by atoms with E-state index in [0.717, 1.165) is 18.8 Å². The summed E-state index contributed by atoms with van der Waals surface area (Å²) >= 11 is 0. The summed E-state index contributed by atoms with van der Waals surface area (Å²) in [6.45, 7) is 4.88. The minimum Gasteiger partial charge on any atom is -0.374 e. The van der Waals surface area contributed by atoms with Crippen LogP contribution in [0.1, 0.15) is 16.1 Å². The Labute approximate surface area is 107 Å². The van der Waals surface area contributed by atoms with E-state index in [1.54, 1.807) is 22.8 Å². The lowest BCUT2D eigenvalue weighted by molar-refractivity contribution is 0.0103. The topological polar surface area (TPSA) is 59.4 Å². The number of nitrogens with zero attached hydrogens (tertiary/aromatic N) is 3. The molecule has 6 nitrogen and oxygen atoms in total. The van der Waals surface area contributed by atoms with Gasteiger partial charge in [0.1, 0.15) is 0 Å². The number of aryl methyl sites for hydroxylation is 1. The smallest absolute Gasteiger partial charge is 0.257 e. The number of hydrogen-bond donors (Lipinski definition) is 1. The van der Waals surface area contributed by atoms with Gasteiger partial charge in [-0.15, -0.1) is 0 Å². The van der Waals surface area contributed by atoms with Gasteiger partial charge in [0.25, 0.3) is 5.91 Å². The predicted octanol–water partition coefficient (Wildman–Crippen LogP) is -0.211. The number of nitrogens with one attached hydrogen (secondary N) is 1. The number of carbonyl (C=O) groups is 1. The molecule has 18 heavy (non-hydrogen) atoms. The van der Waals surface area contributed by atoms with Crippen LogP contribution in [0.5, 0.6) is 0 Å². The Morgan fingerprint density at radius 1 is 1.72 bits per heavy atom. The molecule has 1 aliphatic rings. The second kappa shape index (κ2) is 5.49. The fraction of sp³-hybridized carbons (Fsp3) is 0.667. The molecule has 1 amide bonds. The maximum absolute atomic E-state index is 12.2. The molecular formula is C12H20N4O2. The first-order valence-corrected chi connectivity index (χ1v) is 6.16. The summed E-state index contributed by atoms with van der Waals surface area (Å²) in [4.78, 5) is 13.9. The van der Waals surface area contributed by atoms with Crippen molar-refractivity contribution >= 4 is 5.91 Å². The zero-order valence-electron chi connectivity index (χ0n) is 11.1. The lowest BCUT2D eigenvalue weighted by atomic mass is 10.2. The van der Waals surface area contributed by atoms with Crippen LogP contribution in [0.25, 0.3) is 0 Å². The maximum Gasteiger partial charge on any atom is 0.257 e. The van der Waals surface area contributed by atoms with Gasteiger partial charge in [0.15, 0.2) is 0 Å². The van der Waals surface area contributed by atoms with Gasteiger partial charge in [0.2, 0.25) is 0 Å². The number of likely N-dealkylation sites (N-methyl/N-ethyl adjacent to an activating group) is 1. The van der Waals surface area contributed by atoms with Crippen molar-refractivity contribution in [2.75, 3.05) is 33.3 Å². The highest BCUT2D eigenvalue weighted by Crippen LogP contribution is 2.09. The molecule has 2 heterocycles. The standard InChI is InChI=1S/C12H20N4O2/c1-9-11(7-14-16(9)3)12(17)15(2)8-10-6-13-4-5-18-10/h7,10,13H,4-6,8H2,1-3H3. The van der Waals surface area contributed by atoms with Crippen molar-refractivity contribution < 1.29 is 9.53 Å². The molecule has 0 saturated carbocycles. The number of ether oxygens (including phenoxy) is 1. The van der Waals surface area contributed by atoms with E-state index in [1.165, 1.54) is 0 Å². The number of amides is 1. The largest absolute Gasteiger partial charge is 0.374 e. The third kappa shape index (κ3) is 2.70. The highest BCUT2D eigenvalue weighted by atomic mass is 16.5. The van der Waals surface area contributed by atoms with Gasteiger partial charge in [0, 0.05) is 39.4 Å². The Morgan fingerprint density at radius 3 is 3.06 bits per heavy atom. The van der Waals surface area contributed by atoms with E-state index in [1.807, 2.05) is 14.0 Å². The average Bonchev–Trinajstić information content (AvgIpc) is 2.70. The molecule has 0 aromatic carbocycles. The first kappa shape index (κ1) is 13.0. The van der Waals surface area contributed by atoms with E-state index in [2.05, 4.69) is 10.4 Å². The molecule has 0 bridgehead atoms. The van der Waals surface area contributed by atoms with E-state index in [4.69, 9.17) is 4.74 Å². The summed E-state index contributed by atoms with van der Waals surface area (Å²) < 4.78 is 7.30. The van der Waals surface area contributed by atoms with Crippen molar-refractivity contribution in [3.8, 4) is 0 Å². The minimum atomic E-state index is -0.00484. The van der Waals surface area contributed by atoms with Gasteiger partial charge in [-0.05, 0) is 6.92 Å². The summed E-state index contributed by atoms with van der Waals surface area (Å²) in [7, 11) is 3.63. The van der Waals surface area contributed by atoms with Gasteiger partial charge < -0.3 is 15.0 Å². The van der Waals surface area contributed by atoms with Crippen LogP contribution in [0.3, 0.4) is 0 Å². The Bertz CT molecular complexity index is 424. The highest BCUT2D eigenvalue weighted by Gasteiger charge is 2.21. The maximum atomic E-state index is 12.2. The SMILES string of the molecule is Cc1c(C(=O)N(C)CC2CNCCO2)cnn1C. The molecule has 0 radical (unpaired) electrons. The molecule has 1 atom stereocenters. The normalized spacial score (nSPS) is 19.8. The molecule has 1 N–H and O–H groups in total. The molecule has 1 saturated heterocycles. The fourth-order valence-electron chi connectivity index (χ4n) is 2.04. The van der Waals surface area contributed by atoms with Gasteiger partial charge in [-0.2, -0.15) is 5.10 Å². The summed E-state index contributed by atoms with van der Waals surface area (Å²) in [5, 5.41) is 7.35. The van der Waals surface area contributed by atoms with Gasteiger partial charge >= 0.3 is 0 Å². The van der Waals surface area contributed by atoms with E-state index < -0.39 is 0 Å². The molecule has 1 aliphatic heterocycles. The van der Waals surface area contributed by atoms with Crippen molar-refractivity contribution in [1.29, 1.82) is 0 Å². The van der Waals surface area contributed by atoms with Crippen molar-refractivity contribution in [3.63, 3.8) is 0 Å². The second-order valence-electron chi connectivity index (χ2n) is 4.65. The van der Waals surface area contributed by atoms with E-state index in [9.17, 15) is 4.79 Å². The Hall–Kier alpha value is -1.40. The van der Waals surface area contributed by atoms with Gasteiger partial charge in [-0.1, -0.05) is 0 Å². The van der Waals surface area contributed by atoms with Crippen LogP contribution < -0.4 is 5.32 Å². The molecule has 1 aromatic heterocycles. The highest BCUT2D eigenvalue weighted by molar-refractivity contribution is 5.94. The first-order chi connectivity index (χ1) is 8.59. The van der Waals surface area contributed by atoms with Crippen LogP contribution in [-0.2, 0) is 11.8 Å². The van der Waals surface area contributed by atoms with E-state index in [-0.39, 0.29) is 12.0 Å². The zero-order valence-corrected chi connectivity index (χ0v) is 11.1. The Balaban J connectivity index is 1.98. The molecule has 1 unspecified atom stereocenters. The van der Waals surface area contributed by atoms with Gasteiger partial charge in [0.05, 0.1) is 24.5 Å². The lowest BCUT2D eigenvalue weighted by Crippen LogP contribution is -2.45. The molecule has 100 valence electrons. The third-order valence-electron chi connectivity index (χ3n) is 3.29. The molecule has 2 rings (SSSR count). The van der Waals surface area contributed by atoms with E-state index >= 15 is 0 Å². The van der Waals surface area contributed by atoms with Crippen molar-refractivity contribution in [1.82, 2.24) is 20.0 Å². The van der Waals surface area contributed by atoms with Crippen LogP contribution >= 0.6 is 0 Å². The number of aromatic nitrogens is 2. The Kier molecular flexibility index (Phi) is 3.98. The number of morpholine rings is 1. The van der Waals surface area contributed by atoms with Gasteiger partial charge in [-0.3, -0.25) is 9.48 Å². The fourth-order valence-corrected chi connectivity index (χ4v) is 2.04. The molecular weight excluding hydrogens is 232 g/mol. The molecule has 1 aromatic rings. The zero-order chi connectivity index (χ0) is 13.1. The van der Waals surface area contributed by atoms with Gasteiger partial charge in [-0.25, -0.2) is 0 Å². The molecule has 0 aliphatic carbocycles. The summed E-state index contributed by atoms with van der Waals surface area (Å²) in [6.07, 6.45) is 1.69. The number of hydrogen-bond acceptors (Lipinski definition) is 4. The van der Waals surface area contributed by atoms with Crippen molar-refractivity contribution in [2.45, 2.75) is 13.0 Å². The second-order valence-corrected chi connectivity index (χ2v) is 4.65. The number of carbonyl (C=O) groups excluding carboxylic acids is 1. The van der Waals surface area contributed by atoms with Crippen LogP contribution in [0.15, 0.2) is 6.20 Å². The van der Waals surface area contributed by atoms with E-state index in [0.29, 0.717) is 18.7 Å². The first-order valence-electron chi connectivity index (χ1n) is 6.16. The molecule has 1 fully saturated rings. The summed E-state index contributed by atoms with van der Waals surface area (Å²) in [5.41, 5.74) is 1.54. The minimum absolute atomic E-state index is 0.00484. The Morgan fingerprint density at radius 2 is 2.50 bits per heavy atom. The van der Waals surface area contributed by atoms with Crippen molar-refractivity contribution in [3.05, 3.63) is 17.5 Å². The van der Waals surface area contributed by atoms with Crippen LogP contribution in [-0.4, -0.2) is 60.0 Å². The predicted molar refractivity (Wildman–Crippen MR) is 67.5 cm³/mol. The number of rotatable bonds is 3. The monoisotopic (exact) mass is 252 g/mol. The summed E-state index contributed by atoms with van der Waals surface area (Å²) in [5.74, 6) is -0.00484. The molecule has 6 heteroatoms. The lowest BCUT2D eigenvalue weighted by Gasteiger charge is -2.28.